The fourth-order valence-electron chi connectivity index (χ4n) is 2.78. The summed E-state index contributed by atoms with van der Waals surface area (Å²) in [6.07, 6.45) is 3.20. The monoisotopic (exact) mass is 265 g/mol. The van der Waals surface area contributed by atoms with Gasteiger partial charge in [0.15, 0.2) is 0 Å². The smallest absolute Gasteiger partial charge is 0.325 e. The minimum atomic E-state index is -0.574. The van der Waals surface area contributed by atoms with Crippen LogP contribution in [0.5, 0.6) is 0 Å². The van der Waals surface area contributed by atoms with E-state index >= 15 is 0 Å². The van der Waals surface area contributed by atoms with Crippen LogP contribution < -0.4 is 11.2 Å². The normalized spacial score (nSPS) is 23.4. The predicted molar refractivity (Wildman–Crippen MR) is 71.0 cm³/mol. The van der Waals surface area contributed by atoms with Crippen molar-refractivity contribution in [1.29, 1.82) is 0 Å². The van der Waals surface area contributed by atoms with Crippen LogP contribution in [0.4, 0.5) is 0 Å². The second-order valence-electron chi connectivity index (χ2n) is 5.22. The maximum Gasteiger partial charge on any atom is 0.325 e. The number of aromatic nitrogens is 2. The van der Waals surface area contributed by atoms with Crippen molar-refractivity contribution in [3.8, 4) is 0 Å². The highest BCUT2D eigenvalue weighted by Crippen LogP contribution is 2.23. The Bertz CT molecular complexity index is 537. The zero-order chi connectivity index (χ0) is 14.0. The van der Waals surface area contributed by atoms with Crippen molar-refractivity contribution < 1.29 is 4.79 Å². The van der Waals surface area contributed by atoms with Crippen LogP contribution in [0.1, 0.15) is 38.8 Å². The van der Waals surface area contributed by atoms with E-state index < -0.39 is 11.2 Å². The first kappa shape index (κ1) is 13.6. The second kappa shape index (κ2) is 5.42. The van der Waals surface area contributed by atoms with E-state index in [2.05, 4.69) is 9.97 Å². The van der Waals surface area contributed by atoms with Crippen LogP contribution in [0, 0.1) is 0 Å². The van der Waals surface area contributed by atoms with E-state index in [1.54, 1.807) is 0 Å². The van der Waals surface area contributed by atoms with Crippen molar-refractivity contribution in [1.82, 2.24) is 14.9 Å². The SMILES string of the molecule is CC1CCCC(C)N1C(=O)Cc1cc(=O)[nH]c(=O)[nH]1. The average molecular weight is 265 g/mol. The Kier molecular flexibility index (Phi) is 3.87. The van der Waals surface area contributed by atoms with Crippen molar-refractivity contribution in [3.63, 3.8) is 0 Å². The highest BCUT2D eigenvalue weighted by molar-refractivity contribution is 5.79. The third-order valence-electron chi connectivity index (χ3n) is 3.64. The summed E-state index contributed by atoms with van der Waals surface area (Å²) in [5.74, 6) is -0.0408. The Labute approximate surface area is 110 Å². The Morgan fingerprint density at radius 1 is 1.26 bits per heavy atom. The van der Waals surface area contributed by atoms with Gasteiger partial charge in [0.1, 0.15) is 0 Å². The molecule has 0 radical (unpaired) electrons. The largest absolute Gasteiger partial charge is 0.337 e. The summed E-state index contributed by atoms with van der Waals surface area (Å²) in [6, 6.07) is 1.69. The highest BCUT2D eigenvalue weighted by atomic mass is 16.2. The van der Waals surface area contributed by atoms with Gasteiger partial charge in [-0.15, -0.1) is 0 Å². The van der Waals surface area contributed by atoms with Gasteiger partial charge in [0, 0.05) is 23.8 Å². The van der Waals surface area contributed by atoms with Gasteiger partial charge in [-0.05, 0) is 33.1 Å². The lowest BCUT2D eigenvalue weighted by atomic mass is 9.97. The van der Waals surface area contributed by atoms with Crippen LogP contribution in [0.15, 0.2) is 15.7 Å². The number of H-pyrrole nitrogens is 2. The van der Waals surface area contributed by atoms with Gasteiger partial charge < -0.3 is 9.88 Å². The first-order valence-corrected chi connectivity index (χ1v) is 6.61. The molecule has 0 saturated carbocycles. The summed E-state index contributed by atoms with van der Waals surface area (Å²) in [7, 11) is 0. The molecule has 0 aromatic carbocycles. The van der Waals surface area contributed by atoms with Gasteiger partial charge in [0.05, 0.1) is 6.42 Å². The molecular formula is C13H19N3O3. The van der Waals surface area contributed by atoms with Crippen LogP contribution in [0.2, 0.25) is 0 Å². The fraction of sp³-hybridized carbons (Fsp3) is 0.615. The minimum Gasteiger partial charge on any atom is -0.337 e. The van der Waals surface area contributed by atoms with Gasteiger partial charge in [0.25, 0.3) is 5.56 Å². The van der Waals surface area contributed by atoms with Gasteiger partial charge >= 0.3 is 5.69 Å². The van der Waals surface area contributed by atoms with E-state index in [1.807, 2.05) is 18.7 Å². The zero-order valence-electron chi connectivity index (χ0n) is 11.2. The molecule has 2 atom stereocenters. The molecule has 0 bridgehead atoms. The lowest BCUT2D eigenvalue weighted by molar-refractivity contribution is -0.136. The number of piperidine rings is 1. The van der Waals surface area contributed by atoms with Crippen LogP contribution in [-0.2, 0) is 11.2 Å². The van der Waals surface area contributed by atoms with Gasteiger partial charge in [-0.25, -0.2) is 4.79 Å². The third-order valence-corrected chi connectivity index (χ3v) is 3.64. The Balaban J connectivity index is 2.16. The lowest BCUT2D eigenvalue weighted by Gasteiger charge is -2.39. The second-order valence-corrected chi connectivity index (χ2v) is 5.22. The molecule has 6 heteroatoms. The molecular weight excluding hydrogens is 246 g/mol. The molecule has 2 N–H and O–H groups in total. The summed E-state index contributed by atoms with van der Waals surface area (Å²) in [6.45, 7) is 4.07. The molecule has 6 nitrogen and oxygen atoms in total. The summed E-state index contributed by atoms with van der Waals surface area (Å²) in [5.41, 5.74) is -0.690. The number of amides is 1. The maximum absolute atomic E-state index is 12.3. The van der Waals surface area contributed by atoms with E-state index in [9.17, 15) is 14.4 Å². The van der Waals surface area contributed by atoms with E-state index in [4.69, 9.17) is 0 Å². The van der Waals surface area contributed by atoms with Crippen LogP contribution in [0.3, 0.4) is 0 Å². The molecule has 2 unspecified atom stereocenters. The lowest BCUT2D eigenvalue weighted by Crippen LogP contribution is -2.48. The fourth-order valence-corrected chi connectivity index (χ4v) is 2.78. The number of rotatable bonds is 2. The molecule has 0 spiro atoms. The third kappa shape index (κ3) is 3.13. The van der Waals surface area contributed by atoms with Gasteiger partial charge in [0.2, 0.25) is 5.91 Å². The van der Waals surface area contributed by atoms with Crippen molar-refractivity contribution in [2.24, 2.45) is 0 Å². The summed E-state index contributed by atoms with van der Waals surface area (Å²) in [5, 5.41) is 0. The molecule has 2 rings (SSSR count). The number of carbonyl (C=O) groups excluding carboxylic acids is 1. The van der Waals surface area contributed by atoms with Crippen LogP contribution in [0.25, 0.3) is 0 Å². The first-order chi connectivity index (χ1) is 8.97. The number of nitrogens with one attached hydrogen (secondary N) is 2. The van der Waals surface area contributed by atoms with E-state index in [0.29, 0.717) is 5.69 Å². The van der Waals surface area contributed by atoms with Crippen molar-refractivity contribution in [2.45, 2.75) is 51.6 Å². The number of nitrogens with zero attached hydrogens (tertiary/aromatic N) is 1. The average Bonchev–Trinajstić information content (AvgIpc) is 2.26. The molecule has 1 aromatic rings. The topological polar surface area (TPSA) is 86.0 Å². The number of carbonyl (C=O) groups is 1. The van der Waals surface area contributed by atoms with E-state index in [0.717, 1.165) is 19.3 Å². The van der Waals surface area contributed by atoms with Crippen molar-refractivity contribution in [2.75, 3.05) is 0 Å². The zero-order valence-corrected chi connectivity index (χ0v) is 11.2. The standard InChI is InChI=1S/C13H19N3O3/c1-8-4-3-5-9(2)16(8)12(18)7-10-6-11(17)15-13(19)14-10/h6,8-9H,3-5,7H2,1-2H3,(H2,14,15,17,19). The molecule has 1 fully saturated rings. The molecule has 104 valence electrons. The van der Waals surface area contributed by atoms with Gasteiger partial charge in [-0.3, -0.25) is 14.6 Å². The molecule has 19 heavy (non-hydrogen) atoms. The van der Waals surface area contributed by atoms with E-state index in [1.165, 1.54) is 6.07 Å². The Morgan fingerprint density at radius 2 is 1.89 bits per heavy atom. The highest BCUT2D eigenvalue weighted by Gasteiger charge is 2.28. The minimum absolute atomic E-state index is 0.0408. The Morgan fingerprint density at radius 3 is 2.47 bits per heavy atom. The Hall–Kier alpha value is -1.85. The van der Waals surface area contributed by atoms with Gasteiger partial charge in [-0.1, -0.05) is 0 Å². The summed E-state index contributed by atoms with van der Waals surface area (Å²) in [4.78, 5) is 41.1. The van der Waals surface area contributed by atoms with Crippen LogP contribution in [-0.4, -0.2) is 32.9 Å². The molecule has 2 heterocycles. The molecule has 1 saturated heterocycles. The van der Waals surface area contributed by atoms with Crippen molar-refractivity contribution >= 4 is 5.91 Å². The molecule has 0 aliphatic carbocycles. The quantitative estimate of drug-likeness (QED) is 0.811. The summed E-state index contributed by atoms with van der Waals surface area (Å²) >= 11 is 0. The van der Waals surface area contributed by atoms with Gasteiger partial charge in [-0.2, -0.15) is 0 Å². The molecule has 1 amide bonds. The van der Waals surface area contributed by atoms with Crippen molar-refractivity contribution in [3.05, 3.63) is 32.6 Å². The molecule has 1 aliphatic rings. The number of hydrogen-bond donors (Lipinski definition) is 2. The van der Waals surface area contributed by atoms with Crippen LogP contribution >= 0.6 is 0 Å². The molecule has 1 aliphatic heterocycles. The number of aromatic amines is 2. The maximum atomic E-state index is 12.3. The molecule has 1 aromatic heterocycles. The first-order valence-electron chi connectivity index (χ1n) is 6.61. The summed E-state index contributed by atoms with van der Waals surface area (Å²) < 4.78 is 0. The number of likely N-dealkylation sites (tertiary alicyclic amines) is 1. The predicted octanol–water partition coefficient (Wildman–Crippen LogP) is 0.395. The number of hydrogen-bond acceptors (Lipinski definition) is 3. The van der Waals surface area contributed by atoms with E-state index in [-0.39, 0.29) is 24.4 Å².